The highest BCUT2D eigenvalue weighted by Crippen LogP contribution is 2.34. The van der Waals surface area contributed by atoms with Gasteiger partial charge in [0.05, 0.1) is 12.9 Å². The summed E-state index contributed by atoms with van der Waals surface area (Å²) < 4.78 is 21.8. The van der Waals surface area contributed by atoms with E-state index in [9.17, 15) is 4.79 Å². The van der Waals surface area contributed by atoms with E-state index in [0.29, 0.717) is 41.5 Å². The van der Waals surface area contributed by atoms with E-state index in [1.54, 1.807) is 37.4 Å². The Hall–Kier alpha value is -3.20. The Morgan fingerprint density at radius 2 is 1.89 bits per heavy atom. The first-order valence-corrected chi connectivity index (χ1v) is 9.50. The first-order chi connectivity index (χ1) is 13.7. The number of anilines is 1. The molecular weight excluding hydrogens is 382 g/mol. The molecule has 1 aliphatic heterocycles. The van der Waals surface area contributed by atoms with Gasteiger partial charge in [-0.05, 0) is 42.5 Å². The standard InChI is InChI=1S/C19H17N3O5S/c1-24-14-5-3-13(4-6-14)20-17(23)11-28-19-22-21-18(27-19)12-2-7-15-16(10-12)26-9-8-25-15/h2-7,10H,8-9,11H2,1H3,(H,20,23). The maximum absolute atomic E-state index is 12.1. The molecule has 0 aliphatic carbocycles. The summed E-state index contributed by atoms with van der Waals surface area (Å²) in [6, 6.07) is 12.5. The number of nitrogens with one attached hydrogen (secondary N) is 1. The monoisotopic (exact) mass is 399 g/mol. The Bertz CT molecular complexity index is 974. The second-order valence-electron chi connectivity index (χ2n) is 5.80. The zero-order chi connectivity index (χ0) is 19.3. The number of thioether (sulfide) groups is 1. The van der Waals surface area contributed by atoms with Gasteiger partial charge in [-0.15, -0.1) is 10.2 Å². The lowest BCUT2D eigenvalue weighted by Crippen LogP contribution is -2.15. The van der Waals surface area contributed by atoms with E-state index in [1.807, 2.05) is 12.1 Å². The van der Waals surface area contributed by atoms with Crippen LogP contribution in [0.1, 0.15) is 0 Å². The number of methoxy groups -OCH3 is 1. The van der Waals surface area contributed by atoms with Crippen LogP contribution in [0.3, 0.4) is 0 Å². The van der Waals surface area contributed by atoms with Crippen molar-refractivity contribution in [2.45, 2.75) is 5.22 Å². The molecule has 28 heavy (non-hydrogen) atoms. The van der Waals surface area contributed by atoms with Crippen LogP contribution in [0, 0.1) is 0 Å². The van der Waals surface area contributed by atoms with Crippen molar-refractivity contribution in [3.8, 4) is 28.7 Å². The third kappa shape index (κ3) is 4.20. The van der Waals surface area contributed by atoms with Crippen molar-refractivity contribution in [2.24, 2.45) is 0 Å². The van der Waals surface area contributed by atoms with Crippen LogP contribution in [-0.2, 0) is 4.79 Å². The van der Waals surface area contributed by atoms with Crippen molar-refractivity contribution in [1.82, 2.24) is 10.2 Å². The fourth-order valence-corrected chi connectivity index (χ4v) is 3.12. The van der Waals surface area contributed by atoms with Crippen LogP contribution in [0.5, 0.6) is 17.2 Å². The van der Waals surface area contributed by atoms with E-state index >= 15 is 0 Å². The summed E-state index contributed by atoms with van der Waals surface area (Å²) in [6.07, 6.45) is 0. The zero-order valence-corrected chi connectivity index (χ0v) is 15.8. The number of carbonyl (C=O) groups is 1. The summed E-state index contributed by atoms with van der Waals surface area (Å²) in [5, 5.41) is 11.1. The van der Waals surface area contributed by atoms with Crippen LogP contribution in [0.4, 0.5) is 5.69 Å². The summed E-state index contributed by atoms with van der Waals surface area (Å²) in [5.41, 5.74) is 1.42. The molecule has 0 unspecified atom stereocenters. The third-order valence-corrected chi connectivity index (χ3v) is 4.71. The number of aromatic nitrogens is 2. The van der Waals surface area contributed by atoms with E-state index in [-0.39, 0.29) is 11.7 Å². The van der Waals surface area contributed by atoms with Gasteiger partial charge < -0.3 is 23.9 Å². The third-order valence-electron chi connectivity index (χ3n) is 3.90. The maximum Gasteiger partial charge on any atom is 0.277 e. The van der Waals surface area contributed by atoms with Gasteiger partial charge in [-0.3, -0.25) is 4.79 Å². The predicted octanol–water partition coefficient (Wildman–Crippen LogP) is 3.25. The van der Waals surface area contributed by atoms with Crippen LogP contribution < -0.4 is 19.5 Å². The second kappa shape index (κ2) is 8.22. The number of carbonyl (C=O) groups excluding carboxylic acids is 1. The largest absolute Gasteiger partial charge is 0.497 e. The van der Waals surface area contributed by atoms with Gasteiger partial charge in [0.25, 0.3) is 5.22 Å². The van der Waals surface area contributed by atoms with Crippen LogP contribution in [0.15, 0.2) is 52.1 Å². The van der Waals surface area contributed by atoms with Crippen molar-refractivity contribution in [1.29, 1.82) is 0 Å². The molecule has 1 aliphatic rings. The number of benzene rings is 2. The molecule has 1 aromatic heterocycles. The molecule has 3 aromatic rings. The lowest BCUT2D eigenvalue weighted by molar-refractivity contribution is -0.113. The molecule has 0 radical (unpaired) electrons. The van der Waals surface area contributed by atoms with Crippen molar-refractivity contribution < 1.29 is 23.4 Å². The molecule has 0 bridgehead atoms. The Morgan fingerprint density at radius 1 is 1.11 bits per heavy atom. The zero-order valence-electron chi connectivity index (χ0n) is 15.0. The molecule has 2 heterocycles. The molecule has 0 saturated heterocycles. The molecule has 0 atom stereocenters. The van der Waals surface area contributed by atoms with E-state index in [4.69, 9.17) is 18.6 Å². The number of nitrogens with zero attached hydrogens (tertiary/aromatic N) is 2. The summed E-state index contributed by atoms with van der Waals surface area (Å²) >= 11 is 1.17. The second-order valence-corrected chi connectivity index (χ2v) is 6.72. The van der Waals surface area contributed by atoms with Gasteiger partial charge in [0.2, 0.25) is 11.8 Å². The molecule has 0 spiro atoms. The van der Waals surface area contributed by atoms with Gasteiger partial charge in [0, 0.05) is 11.3 Å². The molecule has 9 heteroatoms. The van der Waals surface area contributed by atoms with E-state index in [2.05, 4.69) is 15.5 Å². The number of hydrogen-bond donors (Lipinski definition) is 1. The summed E-state index contributed by atoms with van der Waals surface area (Å²) in [7, 11) is 1.59. The Balaban J connectivity index is 1.35. The molecule has 144 valence electrons. The minimum atomic E-state index is -0.172. The maximum atomic E-state index is 12.1. The number of fused-ring (bicyclic) bond motifs is 1. The number of amides is 1. The summed E-state index contributed by atoms with van der Waals surface area (Å²) in [4.78, 5) is 12.1. The fraction of sp³-hybridized carbons (Fsp3) is 0.211. The lowest BCUT2D eigenvalue weighted by atomic mass is 10.2. The van der Waals surface area contributed by atoms with Gasteiger partial charge in [-0.1, -0.05) is 11.8 Å². The number of hydrogen-bond acceptors (Lipinski definition) is 8. The minimum absolute atomic E-state index is 0.148. The molecular formula is C19H17N3O5S. The normalized spacial score (nSPS) is 12.5. The Kier molecular flexibility index (Phi) is 5.34. The van der Waals surface area contributed by atoms with Crippen molar-refractivity contribution in [3.05, 3.63) is 42.5 Å². The van der Waals surface area contributed by atoms with Crippen LogP contribution in [-0.4, -0.2) is 42.2 Å². The molecule has 0 saturated carbocycles. The fourth-order valence-electron chi connectivity index (χ4n) is 2.56. The Labute approximate surface area is 165 Å². The van der Waals surface area contributed by atoms with Gasteiger partial charge in [-0.2, -0.15) is 0 Å². The Morgan fingerprint density at radius 3 is 2.68 bits per heavy atom. The molecule has 4 rings (SSSR count). The SMILES string of the molecule is COc1ccc(NC(=O)CSc2nnc(-c3ccc4c(c3)OCCO4)o2)cc1. The van der Waals surface area contributed by atoms with Crippen LogP contribution in [0.25, 0.3) is 11.5 Å². The van der Waals surface area contributed by atoms with E-state index in [0.717, 1.165) is 11.3 Å². The summed E-state index contributed by atoms with van der Waals surface area (Å²) in [5.74, 6) is 2.40. The minimum Gasteiger partial charge on any atom is -0.497 e. The van der Waals surface area contributed by atoms with E-state index in [1.165, 1.54) is 11.8 Å². The average molecular weight is 399 g/mol. The van der Waals surface area contributed by atoms with Crippen molar-refractivity contribution in [3.63, 3.8) is 0 Å². The van der Waals surface area contributed by atoms with Gasteiger partial charge in [0.1, 0.15) is 19.0 Å². The van der Waals surface area contributed by atoms with Crippen LogP contribution >= 0.6 is 11.8 Å². The highest BCUT2D eigenvalue weighted by molar-refractivity contribution is 7.99. The molecule has 2 aromatic carbocycles. The predicted molar refractivity (Wildman–Crippen MR) is 103 cm³/mol. The highest BCUT2D eigenvalue weighted by atomic mass is 32.2. The molecule has 1 N–H and O–H groups in total. The van der Waals surface area contributed by atoms with Crippen molar-refractivity contribution >= 4 is 23.4 Å². The van der Waals surface area contributed by atoms with Crippen LogP contribution in [0.2, 0.25) is 0 Å². The first-order valence-electron chi connectivity index (χ1n) is 8.51. The number of rotatable bonds is 6. The summed E-state index contributed by atoms with van der Waals surface area (Å²) in [6.45, 7) is 1.04. The van der Waals surface area contributed by atoms with Gasteiger partial charge >= 0.3 is 0 Å². The molecule has 8 nitrogen and oxygen atoms in total. The highest BCUT2D eigenvalue weighted by Gasteiger charge is 2.16. The number of ether oxygens (including phenoxy) is 3. The van der Waals surface area contributed by atoms with Gasteiger partial charge in [0.15, 0.2) is 11.5 Å². The molecule has 1 amide bonds. The van der Waals surface area contributed by atoms with E-state index < -0.39 is 0 Å². The smallest absolute Gasteiger partial charge is 0.277 e. The average Bonchev–Trinajstić information content (AvgIpc) is 3.21. The van der Waals surface area contributed by atoms with Crippen molar-refractivity contribution in [2.75, 3.05) is 31.4 Å². The first kappa shape index (κ1) is 18.2. The molecule has 0 fully saturated rings. The lowest BCUT2D eigenvalue weighted by Gasteiger charge is -2.18. The van der Waals surface area contributed by atoms with Gasteiger partial charge in [-0.25, -0.2) is 0 Å². The topological polar surface area (TPSA) is 95.7 Å². The quantitative estimate of drug-likeness (QED) is 0.631.